The van der Waals surface area contributed by atoms with Crippen molar-refractivity contribution in [2.45, 2.75) is 19.9 Å². The van der Waals surface area contributed by atoms with Crippen LogP contribution in [0.4, 0.5) is 0 Å². The molecule has 0 aliphatic carbocycles. The van der Waals surface area contributed by atoms with Crippen LogP contribution in [0.1, 0.15) is 22.7 Å². The van der Waals surface area contributed by atoms with E-state index in [9.17, 15) is 0 Å². The average molecular weight is 151 g/mol. The molecule has 0 spiro atoms. The molecular weight excluding hydrogens is 142 g/mol. The molecule has 0 fully saturated rings. The quantitative estimate of drug-likeness (QED) is 0.543. The average Bonchev–Trinajstić information content (AvgIpc) is 2.34. The van der Waals surface area contributed by atoms with E-state index in [0.29, 0.717) is 0 Å². The predicted molar refractivity (Wildman–Crippen MR) is 44.1 cm³/mol. The maximum absolute atomic E-state index is 6.79. The van der Waals surface area contributed by atoms with Gasteiger partial charge in [0.05, 0.1) is 4.88 Å². The fourth-order valence-electron chi connectivity index (χ4n) is 0.742. The van der Waals surface area contributed by atoms with Crippen molar-refractivity contribution in [2.75, 3.05) is 0 Å². The third-order valence-corrected chi connectivity index (χ3v) is 2.54. The van der Waals surface area contributed by atoms with Crippen LogP contribution in [0.25, 0.3) is 4.85 Å². The lowest BCUT2D eigenvalue weighted by molar-refractivity contribution is 0.991. The first-order valence-corrected chi connectivity index (χ1v) is 3.98. The first-order chi connectivity index (χ1) is 4.74. The highest BCUT2D eigenvalue weighted by Crippen LogP contribution is 2.24. The van der Waals surface area contributed by atoms with Crippen LogP contribution in [0.5, 0.6) is 0 Å². The van der Waals surface area contributed by atoms with Gasteiger partial charge in [-0.2, -0.15) is 0 Å². The number of thiophene rings is 1. The number of hydrogen-bond donors (Lipinski definition) is 0. The molecule has 2 heteroatoms. The molecule has 1 aromatic heterocycles. The Kier molecular flexibility index (Phi) is 2.08. The van der Waals surface area contributed by atoms with Crippen LogP contribution in [0.15, 0.2) is 12.1 Å². The van der Waals surface area contributed by atoms with Crippen molar-refractivity contribution in [1.29, 1.82) is 0 Å². The third-order valence-electron chi connectivity index (χ3n) is 1.37. The first kappa shape index (κ1) is 7.30. The molecule has 0 aliphatic rings. The van der Waals surface area contributed by atoms with Crippen molar-refractivity contribution in [3.63, 3.8) is 0 Å². The maximum Gasteiger partial charge on any atom is 0.254 e. The number of aryl methyl sites for hydroxylation is 1. The van der Waals surface area contributed by atoms with Crippen LogP contribution in [0.3, 0.4) is 0 Å². The van der Waals surface area contributed by atoms with Crippen molar-refractivity contribution in [1.82, 2.24) is 0 Å². The summed E-state index contributed by atoms with van der Waals surface area (Å²) in [4.78, 5) is 5.89. The third kappa shape index (κ3) is 1.37. The van der Waals surface area contributed by atoms with Crippen molar-refractivity contribution in [2.24, 2.45) is 0 Å². The molecule has 52 valence electrons. The van der Waals surface area contributed by atoms with E-state index in [0.717, 1.165) is 0 Å². The van der Waals surface area contributed by atoms with E-state index in [1.165, 1.54) is 9.75 Å². The lowest BCUT2D eigenvalue weighted by atomic mass is 10.3. The van der Waals surface area contributed by atoms with E-state index in [-0.39, 0.29) is 6.04 Å². The maximum atomic E-state index is 6.79. The topological polar surface area (TPSA) is 4.36 Å². The normalized spacial score (nSPS) is 12.5. The summed E-state index contributed by atoms with van der Waals surface area (Å²) in [6.45, 7) is 10.8. The molecule has 10 heavy (non-hydrogen) atoms. The fourth-order valence-corrected chi connectivity index (χ4v) is 1.61. The minimum Gasteiger partial charge on any atom is -0.308 e. The van der Waals surface area contributed by atoms with Gasteiger partial charge in [0.15, 0.2) is 0 Å². The molecule has 1 aromatic rings. The van der Waals surface area contributed by atoms with Crippen molar-refractivity contribution in [3.05, 3.63) is 33.3 Å². The molecule has 0 saturated heterocycles. The van der Waals surface area contributed by atoms with Crippen LogP contribution >= 0.6 is 11.3 Å². The molecule has 0 unspecified atom stereocenters. The van der Waals surface area contributed by atoms with Gasteiger partial charge in [0.1, 0.15) is 0 Å². The van der Waals surface area contributed by atoms with Gasteiger partial charge in [-0.15, -0.1) is 11.3 Å². The largest absolute Gasteiger partial charge is 0.308 e. The Morgan fingerprint density at radius 1 is 1.60 bits per heavy atom. The van der Waals surface area contributed by atoms with Gasteiger partial charge in [0.25, 0.3) is 6.04 Å². The number of hydrogen-bond acceptors (Lipinski definition) is 1. The Hall–Kier alpha value is -0.810. The molecule has 1 heterocycles. The lowest BCUT2D eigenvalue weighted by Crippen LogP contribution is -1.77. The molecule has 0 saturated carbocycles. The number of rotatable bonds is 1. The highest BCUT2D eigenvalue weighted by Gasteiger charge is 2.09. The van der Waals surface area contributed by atoms with E-state index >= 15 is 0 Å². The molecule has 1 atom stereocenters. The molecular formula is C8H9NS. The molecule has 0 aromatic carbocycles. The first-order valence-electron chi connectivity index (χ1n) is 3.17. The summed E-state index contributed by atoms with van der Waals surface area (Å²) in [5.74, 6) is 0. The summed E-state index contributed by atoms with van der Waals surface area (Å²) < 4.78 is 0. The van der Waals surface area contributed by atoms with Gasteiger partial charge in [-0.1, -0.05) is 0 Å². The molecule has 0 radical (unpaired) electrons. The van der Waals surface area contributed by atoms with Crippen LogP contribution in [0.2, 0.25) is 0 Å². The molecule has 0 N–H and O–H groups in total. The highest BCUT2D eigenvalue weighted by molar-refractivity contribution is 7.12. The Labute approximate surface area is 65.1 Å². The summed E-state index contributed by atoms with van der Waals surface area (Å²) in [6.07, 6.45) is 0. The Bertz CT molecular complexity index is 256. The zero-order valence-electron chi connectivity index (χ0n) is 6.09. The molecule has 1 nitrogen and oxygen atoms in total. The van der Waals surface area contributed by atoms with Crippen molar-refractivity contribution >= 4 is 11.3 Å². The minimum atomic E-state index is 0.0405. The van der Waals surface area contributed by atoms with E-state index < -0.39 is 0 Å². The second kappa shape index (κ2) is 2.85. The molecule has 0 aliphatic heterocycles. The fraction of sp³-hybridized carbons (Fsp3) is 0.375. The lowest BCUT2D eigenvalue weighted by Gasteiger charge is -1.90. The molecule has 0 amide bonds. The molecule has 1 rings (SSSR count). The Morgan fingerprint density at radius 2 is 2.30 bits per heavy atom. The monoisotopic (exact) mass is 151 g/mol. The van der Waals surface area contributed by atoms with E-state index in [1.54, 1.807) is 11.3 Å². The van der Waals surface area contributed by atoms with Gasteiger partial charge >= 0.3 is 0 Å². The van der Waals surface area contributed by atoms with Crippen LogP contribution in [-0.4, -0.2) is 0 Å². The van der Waals surface area contributed by atoms with Gasteiger partial charge in [-0.25, -0.2) is 6.57 Å². The second-order valence-electron chi connectivity index (χ2n) is 2.25. The Morgan fingerprint density at radius 3 is 2.70 bits per heavy atom. The minimum absolute atomic E-state index is 0.0405. The van der Waals surface area contributed by atoms with E-state index in [2.05, 4.69) is 17.8 Å². The smallest absolute Gasteiger partial charge is 0.254 e. The highest BCUT2D eigenvalue weighted by atomic mass is 32.1. The second-order valence-corrected chi connectivity index (χ2v) is 3.57. The summed E-state index contributed by atoms with van der Waals surface area (Å²) in [6, 6.07) is 4.13. The summed E-state index contributed by atoms with van der Waals surface area (Å²) in [7, 11) is 0. The zero-order valence-corrected chi connectivity index (χ0v) is 6.90. The zero-order chi connectivity index (χ0) is 7.56. The number of nitrogens with zero attached hydrogens (tertiary/aromatic N) is 1. The van der Waals surface area contributed by atoms with E-state index in [1.807, 2.05) is 13.0 Å². The predicted octanol–water partition coefficient (Wildman–Crippen LogP) is 3.04. The summed E-state index contributed by atoms with van der Waals surface area (Å²) in [5, 5.41) is 0. The summed E-state index contributed by atoms with van der Waals surface area (Å²) in [5.41, 5.74) is 0. The Balaban J connectivity index is 2.87. The van der Waals surface area contributed by atoms with Crippen LogP contribution < -0.4 is 0 Å². The van der Waals surface area contributed by atoms with E-state index in [4.69, 9.17) is 6.57 Å². The van der Waals surface area contributed by atoms with Gasteiger partial charge in [-0.3, -0.25) is 0 Å². The SMILES string of the molecule is [C-]#[N+][C@H](C)c1ccc(C)s1. The van der Waals surface area contributed by atoms with Gasteiger partial charge in [0, 0.05) is 11.8 Å². The molecule has 0 bridgehead atoms. The van der Waals surface area contributed by atoms with Crippen LogP contribution in [-0.2, 0) is 0 Å². The van der Waals surface area contributed by atoms with Crippen molar-refractivity contribution < 1.29 is 0 Å². The van der Waals surface area contributed by atoms with Gasteiger partial charge in [0.2, 0.25) is 0 Å². The summed E-state index contributed by atoms with van der Waals surface area (Å²) >= 11 is 1.71. The van der Waals surface area contributed by atoms with Gasteiger partial charge < -0.3 is 4.85 Å². The van der Waals surface area contributed by atoms with Gasteiger partial charge in [-0.05, 0) is 19.1 Å². The van der Waals surface area contributed by atoms with Crippen molar-refractivity contribution in [3.8, 4) is 0 Å². The standard InChI is InChI=1S/C8H9NS/c1-6-4-5-8(10-6)7(2)9-3/h4-5,7H,1-2H3/t7-/m1/s1. The van der Waals surface area contributed by atoms with Crippen LogP contribution in [0, 0.1) is 13.5 Å².